The molecule has 0 amide bonds. The monoisotopic (exact) mass is 238 g/mol. The molecular formula is C11H11BrO. The molecule has 1 rings (SSSR count). The average Bonchev–Trinajstić information content (AvgIpc) is 2.03. The number of benzene rings is 1. The SMILES string of the molecule is C#CC(C)(C)Oc1cccc(Br)c1. The first kappa shape index (κ1) is 10.1. The van der Waals surface area contributed by atoms with Gasteiger partial charge in [0.25, 0.3) is 0 Å². The quantitative estimate of drug-likeness (QED) is 0.720. The van der Waals surface area contributed by atoms with Gasteiger partial charge >= 0.3 is 0 Å². The van der Waals surface area contributed by atoms with Gasteiger partial charge in [0.15, 0.2) is 5.60 Å². The summed E-state index contributed by atoms with van der Waals surface area (Å²) in [6.45, 7) is 3.71. The van der Waals surface area contributed by atoms with E-state index in [4.69, 9.17) is 11.2 Å². The topological polar surface area (TPSA) is 9.23 Å². The van der Waals surface area contributed by atoms with Gasteiger partial charge in [0.2, 0.25) is 0 Å². The molecule has 0 unspecified atom stereocenters. The minimum absolute atomic E-state index is 0.555. The van der Waals surface area contributed by atoms with E-state index in [1.807, 2.05) is 38.1 Å². The van der Waals surface area contributed by atoms with E-state index in [1.165, 1.54) is 0 Å². The van der Waals surface area contributed by atoms with Crippen molar-refractivity contribution in [2.75, 3.05) is 0 Å². The van der Waals surface area contributed by atoms with Gasteiger partial charge in [-0.25, -0.2) is 0 Å². The highest BCUT2D eigenvalue weighted by Gasteiger charge is 2.15. The van der Waals surface area contributed by atoms with Crippen LogP contribution >= 0.6 is 15.9 Å². The molecule has 0 radical (unpaired) electrons. The molecule has 0 heterocycles. The van der Waals surface area contributed by atoms with Gasteiger partial charge in [0.05, 0.1) is 0 Å². The number of terminal acetylenes is 1. The number of ether oxygens (including phenoxy) is 1. The summed E-state index contributed by atoms with van der Waals surface area (Å²) < 4.78 is 6.55. The molecule has 0 aliphatic rings. The first-order chi connectivity index (χ1) is 6.03. The fourth-order valence-corrected chi connectivity index (χ4v) is 1.23. The second-order valence-corrected chi connectivity index (χ2v) is 4.13. The van der Waals surface area contributed by atoms with Crippen LogP contribution in [0.5, 0.6) is 5.75 Å². The normalized spacial score (nSPS) is 10.6. The van der Waals surface area contributed by atoms with Crippen LogP contribution in [0.15, 0.2) is 28.7 Å². The van der Waals surface area contributed by atoms with E-state index in [9.17, 15) is 0 Å². The molecule has 1 aromatic rings. The van der Waals surface area contributed by atoms with E-state index < -0.39 is 5.60 Å². The van der Waals surface area contributed by atoms with Crippen LogP contribution < -0.4 is 4.74 Å². The van der Waals surface area contributed by atoms with Crippen molar-refractivity contribution in [2.24, 2.45) is 0 Å². The van der Waals surface area contributed by atoms with Crippen LogP contribution in [0.25, 0.3) is 0 Å². The van der Waals surface area contributed by atoms with Crippen LogP contribution in [0.3, 0.4) is 0 Å². The summed E-state index contributed by atoms with van der Waals surface area (Å²) in [7, 11) is 0. The zero-order valence-corrected chi connectivity index (χ0v) is 9.26. The lowest BCUT2D eigenvalue weighted by atomic mass is 10.1. The second-order valence-electron chi connectivity index (χ2n) is 3.21. The first-order valence-corrected chi connectivity index (χ1v) is 4.75. The summed E-state index contributed by atoms with van der Waals surface area (Å²) in [6.07, 6.45) is 5.31. The van der Waals surface area contributed by atoms with Crippen molar-refractivity contribution in [1.29, 1.82) is 0 Å². The Bertz CT molecular complexity index is 336. The maximum Gasteiger partial charge on any atom is 0.163 e. The van der Waals surface area contributed by atoms with Gasteiger partial charge in [0.1, 0.15) is 5.75 Å². The van der Waals surface area contributed by atoms with Crippen LogP contribution in [0.1, 0.15) is 13.8 Å². The molecule has 0 aromatic heterocycles. The van der Waals surface area contributed by atoms with Crippen molar-refractivity contribution in [2.45, 2.75) is 19.4 Å². The van der Waals surface area contributed by atoms with Gasteiger partial charge in [-0.15, -0.1) is 6.42 Å². The van der Waals surface area contributed by atoms with E-state index in [2.05, 4.69) is 21.9 Å². The van der Waals surface area contributed by atoms with Gasteiger partial charge in [-0.05, 0) is 32.0 Å². The molecule has 0 aliphatic heterocycles. The average molecular weight is 239 g/mol. The summed E-state index contributed by atoms with van der Waals surface area (Å²) in [5, 5.41) is 0. The van der Waals surface area contributed by atoms with Crippen molar-refractivity contribution in [1.82, 2.24) is 0 Å². The smallest absolute Gasteiger partial charge is 0.163 e. The van der Waals surface area contributed by atoms with Gasteiger partial charge in [-0.3, -0.25) is 0 Å². The van der Waals surface area contributed by atoms with Crippen molar-refractivity contribution >= 4 is 15.9 Å². The van der Waals surface area contributed by atoms with Gasteiger partial charge in [-0.1, -0.05) is 27.9 Å². The molecule has 13 heavy (non-hydrogen) atoms. The van der Waals surface area contributed by atoms with Crippen LogP contribution in [0, 0.1) is 12.3 Å². The maximum atomic E-state index is 5.57. The Labute approximate surface area is 87.2 Å². The van der Waals surface area contributed by atoms with Crippen LogP contribution in [-0.2, 0) is 0 Å². The number of halogens is 1. The van der Waals surface area contributed by atoms with Crippen molar-refractivity contribution in [3.05, 3.63) is 28.7 Å². The predicted molar refractivity (Wildman–Crippen MR) is 57.7 cm³/mol. The summed E-state index contributed by atoms with van der Waals surface area (Å²) in [6, 6.07) is 7.62. The minimum atomic E-state index is -0.555. The molecule has 0 aliphatic carbocycles. The minimum Gasteiger partial charge on any atom is -0.475 e. The molecule has 0 spiro atoms. The third-order valence-electron chi connectivity index (χ3n) is 1.52. The third kappa shape index (κ3) is 3.12. The van der Waals surface area contributed by atoms with Crippen LogP contribution in [-0.4, -0.2) is 5.60 Å². The molecule has 68 valence electrons. The highest BCUT2D eigenvalue weighted by molar-refractivity contribution is 9.10. The Kier molecular flexibility index (Phi) is 3.00. The van der Waals surface area contributed by atoms with Crippen molar-refractivity contribution in [3.8, 4) is 18.1 Å². The maximum absolute atomic E-state index is 5.57. The summed E-state index contributed by atoms with van der Waals surface area (Å²) in [4.78, 5) is 0. The first-order valence-electron chi connectivity index (χ1n) is 3.96. The van der Waals surface area contributed by atoms with E-state index in [0.29, 0.717) is 0 Å². The van der Waals surface area contributed by atoms with E-state index in [-0.39, 0.29) is 0 Å². The van der Waals surface area contributed by atoms with E-state index >= 15 is 0 Å². The zero-order valence-electron chi connectivity index (χ0n) is 7.67. The van der Waals surface area contributed by atoms with Crippen LogP contribution in [0.4, 0.5) is 0 Å². The molecule has 2 heteroatoms. The zero-order chi connectivity index (χ0) is 9.90. The standard InChI is InChI=1S/C11H11BrO/c1-4-11(2,3)13-10-7-5-6-9(12)8-10/h1,5-8H,2-3H3. The largest absolute Gasteiger partial charge is 0.475 e. The van der Waals surface area contributed by atoms with Gasteiger partial charge < -0.3 is 4.74 Å². The molecule has 0 atom stereocenters. The predicted octanol–water partition coefficient (Wildman–Crippen LogP) is 3.24. The molecule has 0 bridgehead atoms. The highest BCUT2D eigenvalue weighted by Crippen LogP contribution is 2.21. The summed E-state index contributed by atoms with van der Waals surface area (Å²) in [5.41, 5.74) is -0.555. The molecule has 1 nitrogen and oxygen atoms in total. The van der Waals surface area contributed by atoms with Gasteiger partial charge in [-0.2, -0.15) is 0 Å². The van der Waals surface area contributed by atoms with Gasteiger partial charge in [0, 0.05) is 4.47 Å². The fraction of sp³-hybridized carbons (Fsp3) is 0.273. The Hall–Kier alpha value is -0.940. The molecule has 1 aromatic carbocycles. The van der Waals surface area contributed by atoms with Crippen molar-refractivity contribution in [3.63, 3.8) is 0 Å². The summed E-state index contributed by atoms with van der Waals surface area (Å²) >= 11 is 3.36. The molecule has 0 fully saturated rings. The molecule has 0 saturated heterocycles. The Morgan fingerprint density at radius 1 is 1.46 bits per heavy atom. The third-order valence-corrected chi connectivity index (χ3v) is 2.01. The number of hydrogen-bond acceptors (Lipinski definition) is 1. The van der Waals surface area contributed by atoms with E-state index in [0.717, 1.165) is 10.2 Å². The lowest BCUT2D eigenvalue weighted by molar-refractivity contribution is 0.172. The Morgan fingerprint density at radius 2 is 2.15 bits per heavy atom. The van der Waals surface area contributed by atoms with Crippen molar-refractivity contribution < 1.29 is 4.74 Å². The second kappa shape index (κ2) is 3.85. The Balaban J connectivity index is 2.82. The fourth-order valence-electron chi connectivity index (χ4n) is 0.855. The highest BCUT2D eigenvalue weighted by atomic mass is 79.9. The summed E-state index contributed by atoms with van der Waals surface area (Å²) in [5.74, 6) is 3.35. The van der Waals surface area contributed by atoms with E-state index in [1.54, 1.807) is 0 Å². The lowest BCUT2D eigenvalue weighted by Crippen LogP contribution is -2.25. The molecular weight excluding hydrogens is 228 g/mol. The Morgan fingerprint density at radius 3 is 2.69 bits per heavy atom. The number of hydrogen-bond donors (Lipinski definition) is 0. The lowest BCUT2D eigenvalue weighted by Gasteiger charge is -2.20. The molecule has 0 saturated carbocycles. The molecule has 0 N–H and O–H groups in total. The number of rotatable bonds is 2. The van der Waals surface area contributed by atoms with Crippen LogP contribution in [0.2, 0.25) is 0 Å².